The highest BCUT2D eigenvalue weighted by Gasteiger charge is 2.04. The van der Waals surface area contributed by atoms with Gasteiger partial charge in [-0.25, -0.2) is 4.98 Å². The summed E-state index contributed by atoms with van der Waals surface area (Å²) >= 11 is 3.45. The zero-order valence-electron chi connectivity index (χ0n) is 9.51. The van der Waals surface area contributed by atoms with E-state index in [4.69, 9.17) is 0 Å². The minimum Gasteiger partial charge on any atom is -0.369 e. The lowest BCUT2D eigenvalue weighted by molar-refractivity contribution is -0.120. The van der Waals surface area contributed by atoms with E-state index in [2.05, 4.69) is 31.5 Å². The minimum absolute atomic E-state index is 0.0544. The highest BCUT2D eigenvalue weighted by Crippen LogP contribution is 2.22. The van der Waals surface area contributed by atoms with Crippen LogP contribution in [0.4, 0.5) is 5.82 Å². The number of rotatable bonds is 5. The number of aryl methyl sites for hydroxylation is 1. The van der Waals surface area contributed by atoms with Gasteiger partial charge in [-0.3, -0.25) is 4.79 Å². The van der Waals surface area contributed by atoms with E-state index in [0.717, 1.165) is 15.9 Å². The van der Waals surface area contributed by atoms with E-state index in [-0.39, 0.29) is 5.91 Å². The first kappa shape index (κ1) is 13.0. The normalized spacial score (nSPS) is 9.94. The maximum absolute atomic E-state index is 11.2. The highest BCUT2D eigenvalue weighted by atomic mass is 79.9. The van der Waals surface area contributed by atoms with Gasteiger partial charge in [0.2, 0.25) is 5.91 Å². The van der Waals surface area contributed by atoms with Gasteiger partial charge in [0.15, 0.2) is 0 Å². The standard InChI is InChI=1S/C11H16BrN3O/c1-3-13-9(16)5-7-15-11-10(12)8(2)4-6-14-11/h4,6H,3,5,7H2,1-2H3,(H,13,16)(H,14,15). The van der Waals surface area contributed by atoms with Crippen molar-refractivity contribution in [1.82, 2.24) is 10.3 Å². The molecule has 0 aliphatic heterocycles. The van der Waals surface area contributed by atoms with Crippen molar-refractivity contribution < 1.29 is 4.79 Å². The van der Waals surface area contributed by atoms with Gasteiger partial charge in [-0.2, -0.15) is 0 Å². The molecule has 0 fully saturated rings. The van der Waals surface area contributed by atoms with Crippen LogP contribution in [0.5, 0.6) is 0 Å². The second-order valence-electron chi connectivity index (χ2n) is 3.42. The molecule has 0 aromatic carbocycles. The van der Waals surface area contributed by atoms with Gasteiger partial charge >= 0.3 is 0 Å². The van der Waals surface area contributed by atoms with E-state index >= 15 is 0 Å². The van der Waals surface area contributed by atoms with Gasteiger partial charge in [0.1, 0.15) is 5.82 Å². The molecule has 1 aromatic rings. The van der Waals surface area contributed by atoms with Gasteiger partial charge < -0.3 is 10.6 Å². The van der Waals surface area contributed by atoms with Crippen LogP contribution >= 0.6 is 15.9 Å². The first-order chi connectivity index (χ1) is 7.65. The van der Waals surface area contributed by atoms with Crippen LogP contribution in [-0.2, 0) is 4.79 Å². The fourth-order valence-electron chi connectivity index (χ4n) is 1.24. The van der Waals surface area contributed by atoms with E-state index in [1.807, 2.05) is 19.9 Å². The minimum atomic E-state index is 0.0544. The highest BCUT2D eigenvalue weighted by molar-refractivity contribution is 9.10. The van der Waals surface area contributed by atoms with E-state index in [0.29, 0.717) is 19.5 Å². The molecular weight excluding hydrogens is 270 g/mol. The van der Waals surface area contributed by atoms with Crippen LogP contribution in [-0.4, -0.2) is 24.0 Å². The summed E-state index contributed by atoms with van der Waals surface area (Å²) in [5, 5.41) is 5.87. The number of nitrogens with one attached hydrogen (secondary N) is 2. The lowest BCUT2D eigenvalue weighted by Gasteiger charge is -2.08. The molecule has 5 heteroatoms. The maximum atomic E-state index is 11.2. The molecular formula is C11H16BrN3O. The topological polar surface area (TPSA) is 54.0 Å². The molecule has 0 atom stereocenters. The summed E-state index contributed by atoms with van der Waals surface area (Å²) < 4.78 is 0.950. The Kier molecular flexibility index (Phi) is 5.25. The number of hydrogen-bond acceptors (Lipinski definition) is 3. The number of amides is 1. The average Bonchev–Trinajstić information content (AvgIpc) is 2.25. The van der Waals surface area contributed by atoms with Crippen LogP contribution < -0.4 is 10.6 Å². The van der Waals surface area contributed by atoms with Gasteiger partial charge in [0.25, 0.3) is 0 Å². The van der Waals surface area contributed by atoms with Crippen LogP contribution in [0.1, 0.15) is 18.9 Å². The summed E-state index contributed by atoms with van der Waals surface area (Å²) in [5.41, 5.74) is 1.12. The molecule has 2 N–H and O–H groups in total. The van der Waals surface area contributed by atoms with E-state index in [1.165, 1.54) is 0 Å². The molecule has 0 radical (unpaired) electrons. The monoisotopic (exact) mass is 285 g/mol. The molecule has 0 saturated carbocycles. The number of nitrogens with zero attached hydrogens (tertiary/aromatic N) is 1. The Bertz CT molecular complexity index is 368. The Labute approximate surface area is 104 Å². The fourth-order valence-corrected chi connectivity index (χ4v) is 1.62. The molecule has 1 heterocycles. The molecule has 1 amide bonds. The molecule has 1 aromatic heterocycles. The van der Waals surface area contributed by atoms with E-state index in [1.54, 1.807) is 6.20 Å². The first-order valence-electron chi connectivity index (χ1n) is 5.26. The van der Waals surface area contributed by atoms with Crippen molar-refractivity contribution in [3.05, 3.63) is 22.3 Å². The average molecular weight is 286 g/mol. The lowest BCUT2D eigenvalue weighted by atomic mass is 10.3. The Morgan fingerprint density at radius 1 is 1.56 bits per heavy atom. The van der Waals surface area contributed by atoms with Crippen LogP contribution in [0.2, 0.25) is 0 Å². The number of hydrogen-bond donors (Lipinski definition) is 2. The predicted octanol–water partition coefficient (Wildman–Crippen LogP) is 2.09. The first-order valence-corrected chi connectivity index (χ1v) is 6.06. The van der Waals surface area contributed by atoms with Gasteiger partial charge in [0.05, 0.1) is 4.47 Å². The molecule has 16 heavy (non-hydrogen) atoms. The second-order valence-corrected chi connectivity index (χ2v) is 4.21. The summed E-state index contributed by atoms with van der Waals surface area (Å²) in [4.78, 5) is 15.4. The number of anilines is 1. The molecule has 1 rings (SSSR count). The summed E-state index contributed by atoms with van der Waals surface area (Å²) in [6.07, 6.45) is 2.20. The molecule has 0 unspecified atom stereocenters. The van der Waals surface area contributed by atoms with Crippen molar-refractivity contribution in [3.8, 4) is 0 Å². The molecule has 0 saturated heterocycles. The number of aromatic nitrogens is 1. The lowest BCUT2D eigenvalue weighted by Crippen LogP contribution is -2.24. The van der Waals surface area contributed by atoms with Crippen LogP contribution in [0.15, 0.2) is 16.7 Å². The Balaban J connectivity index is 2.43. The third-order valence-corrected chi connectivity index (χ3v) is 3.10. The van der Waals surface area contributed by atoms with Gasteiger partial charge in [0, 0.05) is 25.7 Å². The maximum Gasteiger partial charge on any atom is 0.221 e. The predicted molar refractivity (Wildman–Crippen MR) is 68.5 cm³/mol. The zero-order valence-corrected chi connectivity index (χ0v) is 11.1. The van der Waals surface area contributed by atoms with Crippen molar-refractivity contribution in [2.75, 3.05) is 18.4 Å². The van der Waals surface area contributed by atoms with Crippen molar-refractivity contribution >= 4 is 27.7 Å². The second kappa shape index (κ2) is 6.48. The van der Waals surface area contributed by atoms with Gasteiger partial charge in [-0.1, -0.05) is 0 Å². The summed E-state index contributed by atoms with van der Waals surface area (Å²) in [6.45, 7) is 5.16. The third-order valence-electron chi connectivity index (χ3n) is 2.10. The third kappa shape index (κ3) is 3.81. The molecule has 0 bridgehead atoms. The van der Waals surface area contributed by atoms with Crippen LogP contribution in [0.3, 0.4) is 0 Å². The summed E-state index contributed by atoms with van der Waals surface area (Å²) in [7, 11) is 0. The number of pyridine rings is 1. The molecule has 4 nitrogen and oxygen atoms in total. The van der Waals surface area contributed by atoms with E-state index in [9.17, 15) is 4.79 Å². The largest absolute Gasteiger partial charge is 0.369 e. The molecule has 0 aliphatic rings. The quantitative estimate of drug-likeness (QED) is 0.871. The zero-order chi connectivity index (χ0) is 12.0. The van der Waals surface area contributed by atoms with Gasteiger partial charge in [-0.15, -0.1) is 0 Å². The molecule has 0 aliphatic carbocycles. The number of carbonyl (C=O) groups excluding carboxylic acids is 1. The Morgan fingerprint density at radius 2 is 2.31 bits per heavy atom. The van der Waals surface area contributed by atoms with Crippen molar-refractivity contribution in [3.63, 3.8) is 0 Å². The van der Waals surface area contributed by atoms with Crippen molar-refractivity contribution in [2.45, 2.75) is 20.3 Å². The SMILES string of the molecule is CCNC(=O)CCNc1nccc(C)c1Br. The van der Waals surface area contributed by atoms with Crippen molar-refractivity contribution in [2.24, 2.45) is 0 Å². The fraction of sp³-hybridized carbons (Fsp3) is 0.455. The number of carbonyl (C=O) groups is 1. The Hall–Kier alpha value is -1.10. The van der Waals surface area contributed by atoms with Crippen LogP contribution in [0.25, 0.3) is 0 Å². The summed E-state index contributed by atoms with van der Waals surface area (Å²) in [5.74, 6) is 0.836. The van der Waals surface area contributed by atoms with Gasteiger partial charge in [-0.05, 0) is 41.4 Å². The van der Waals surface area contributed by atoms with E-state index < -0.39 is 0 Å². The number of halogens is 1. The van der Waals surface area contributed by atoms with Crippen molar-refractivity contribution in [1.29, 1.82) is 0 Å². The molecule has 88 valence electrons. The Morgan fingerprint density at radius 3 is 3.00 bits per heavy atom. The smallest absolute Gasteiger partial charge is 0.221 e. The molecule has 0 spiro atoms. The summed E-state index contributed by atoms with van der Waals surface area (Å²) in [6, 6.07) is 1.93. The van der Waals surface area contributed by atoms with Crippen LogP contribution in [0, 0.1) is 6.92 Å².